The van der Waals surface area contributed by atoms with Crippen molar-refractivity contribution in [2.24, 2.45) is 0 Å². The molecule has 2 aromatic heterocycles. The maximum absolute atomic E-state index is 6.97. The Morgan fingerprint density at radius 2 is 0.979 bits per heavy atom. The second-order valence-electron chi connectivity index (χ2n) is 12.8. The molecule has 0 bridgehead atoms. The first-order valence-corrected chi connectivity index (χ1v) is 16.5. The van der Waals surface area contributed by atoms with Gasteiger partial charge in [0.2, 0.25) is 0 Å². The molecule has 11 rings (SSSR count). The van der Waals surface area contributed by atoms with Crippen LogP contribution in [0.2, 0.25) is 0 Å². The van der Waals surface area contributed by atoms with Crippen molar-refractivity contribution >= 4 is 86.8 Å². The van der Waals surface area contributed by atoms with E-state index in [0.717, 1.165) is 33.3 Å². The van der Waals surface area contributed by atoms with Crippen molar-refractivity contribution in [3.63, 3.8) is 0 Å². The first-order chi connectivity index (χ1) is 23.8. The first kappa shape index (κ1) is 25.8. The molecule has 0 saturated heterocycles. The van der Waals surface area contributed by atoms with Crippen LogP contribution >= 0.6 is 0 Å². The third-order valence-corrected chi connectivity index (χ3v) is 10.3. The van der Waals surface area contributed by atoms with Crippen molar-refractivity contribution in [3.05, 3.63) is 164 Å². The highest BCUT2D eigenvalue weighted by atomic mass is 16.3. The van der Waals surface area contributed by atoms with Crippen LogP contribution in [0.1, 0.15) is 0 Å². The van der Waals surface area contributed by atoms with E-state index >= 15 is 0 Å². The monoisotopic (exact) mass is 609 g/mol. The lowest BCUT2D eigenvalue weighted by Crippen LogP contribution is -1.95. The van der Waals surface area contributed by atoms with Crippen LogP contribution in [0.25, 0.3) is 104 Å². The van der Waals surface area contributed by atoms with Gasteiger partial charge in [0, 0.05) is 38.0 Å². The topological polar surface area (TPSA) is 18.1 Å². The summed E-state index contributed by atoms with van der Waals surface area (Å²) in [4.78, 5) is 0. The summed E-state index contributed by atoms with van der Waals surface area (Å²) >= 11 is 0. The Hall–Kier alpha value is -6.38. The van der Waals surface area contributed by atoms with Crippen molar-refractivity contribution < 1.29 is 4.42 Å². The molecule has 0 radical (unpaired) electrons. The molecule has 2 heterocycles. The summed E-state index contributed by atoms with van der Waals surface area (Å²) < 4.78 is 9.40. The Morgan fingerprint density at radius 1 is 0.375 bits per heavy atom. The van der Waals surface area contributed by atoms with Crippen LogP contribution in [0, 0.1) is 0 Å². The molecular formula is C46H27NO. The number of hydrogen-bond donors (Lipinski definition) is 0. The molecule has 9 aromatic carbocycles. The summed E-state index contributed by atoms with van der Waals surface area (Å²) in [6.07, 6.45) is 0. The Bertz CT molecular complexity index is 3120. The second kappa shape index (κ2) is 9.57. The van der Waals surface area contributed by atoms with Gasteiger partial charge >= 0.3 is 0 Å². The van der Waals surface area contributed by atoms with E-state index in [1.54, 1.807) is 0 Å². The molecule has 48 heavy (non-hydrogen) atoms. The zero-order chi connectivity index (χ0) is 31.3. The molecule has 0 N–H and O–H groups in total. The van der Waals surface area contributed by atoms with E-state index in [1.807, 2.05) is 0 Å². The summed E-state index contributed by atoms with van der Waals surface area (Å²) in [5.41, 5.74) is 7.58. The molecule has 0 aliphatic rings. The number of nitrogens with zero attached hydrogens (tertiary/aromatic N) is 1. The summed E-state index contributed by atoms with van der Waals surface area (Å²) in [6, 6.07) is 59.4. The molecule has 0 saturated carbocycles. The number of aromatic nitrogens is 1. The molecule has 0 atom stereocenters. The molecule has 11 aromatic rings. The minimum absolute atomic E-state index is 0.903. The van der Waals surface area contributed by atoms with Crippen LogP contribution in [0.5, 0.6) is 0 Å². The largest absolute Gasteiger partial charge is 0.454 e. The molecular weight excluding hydrogens is 583 g/mol. The van der Waals surface area contributed by atoms with E-state index in [-0.39, 0.29) is 0 Å². The predicted molar refractivity (Wildman–Crippen MR) is 204 cm³/mol. The normalized spacial score (nSPS) is 12.2. The van der Waals surface area contributed by atoms with Crippen molar-refractivity contribution in [1.29, 1.82) is 0 Å². The summed E-state index contributed by atoms with van der Waals surface area (Å²) in [7, 11) is 0. The van der Waals surface area contributed by atoms with Gasteiger partial charge in [-0.15, -0.1) is 0 Å². The Labute approximate surface area is 275 Å². The molecule has 0 unspecified atom stereocenters. The Balaban J connectivity index is 1.37. The molecule has 222 valence electrons. The lowest BCUT2D eigenvalue weighted by atomic mass is 9.89. The van der Waals surface area contributed by atoms with Gasteiger partial charge in [0.1, 0.15) is 5.58 Å². The van der Waals surface area contributed by atoms with E-state index < -0.39 is 0 Å². The first-order valence-electron chi connectivity index (χ1n) is 16.5. The average molecular weight is 610 g/mol. The fourth-order valence-corrected chi connectivity index (χ4v) is 8.29. The maximum Gasteiger partial charge on any atom is 0.160 e. The van der Waals surface area contributed by atoms with Crippen LogP contribution in [0.3, 0.4) is 0 Å². The highest BCUT2D eigenvalue weighted by Gasteiger charge is 2.25. The lowest BCUT2D eigenvalue weighted by molar-refractivity contribution is 0.671. The third-order valence-electron chi connectivity index (χ3n) is 10.3. The minimum Gasteiger partial charge on any atom is -0.454 e. The molecule has 0 amide bonds. The number of para-hydroxylation sites is 2. The van der Waals surface area contributed by atoms with Crippen molar-refractivity contribution in [3.8, 4) is 16.8 Å². The molecule has 0 aliphatic heterocycles. The number of benzene rings is 9. The van der Waals surface area contributed by atoms with Crippen LogP contribution in [-0.2, 0) is 0 Å². The lowest BCUT2D eigenvalue weighted by Gasteiger charge is -2.14. The fourth-order valence-electron chi connectivity index (χ4n) is 8.29. The van der Waals surface area contributed by atoms with Crippen molar-refractivity contribution in [2.75, 3.05) is 0 Å². The zero-order valence-corrected chi connectivity index (χ0v) is 25.9. The van der Waals surface area contributed by atoms with E-state index in [1.165, 1.54) is 70.4 Å². The maximum atomic E-state index is 6.97. The van der Waals surface area contributed by atoms with Crippen LogP contribution in [0.15, 0.2) is 168 Å². The van der Waals surface area contributed by atoms with E-state index in [0.29, 0.717) is 0 Å². The number of rotatable bonds is 2. The van der Waals surface area contributed by atoms with Gasteiger partial charge in [0.05, 0.1) is 11.0 Å². The number of fused-ring (bicyclic) bond motifs is 16. The van der Waals surface area contributed by atoms with Gasteiger partial charge in [-0.25, -0.2) is 0 Å². The SMILES string of the molecule is c1cc(-c2ccc3ccccc3c2)cc(-n2c3ccccc3c3c4c5ccccc5c5ccccc5c4c4c5ccccc5oc4c32)c1. The average Bonchev–Trinajstić information content (AvgIpc) is 3.71. The van der Waals surface area contributed by atoms with Crippen LogP contribution < -0.4 is 0 Å². The van der Waals surface area contributed by atoms with Crippen molar-refractivity contribution in [1.82, 2.24) is 4.57 Å². The van der Waals surface area contributed by atoms with Gasteiger partial charge in [-0.1, -0.05) is 133 Å². The van der Waals surface area contributed by atoms with Gasteiger partial charge in [-0.2, -0.15) is 0 Å². The van der Waals surface area contributed by atoms with Gasteiger partial charge in [0.25, 0.3) is 0 Å². The minimum atomic E-state index is 0.903. The number of furan rings is 1. The van der Waals surface area contributed by atoms with Gasteiger partial charge in [0.15, 0.2) is 5.58 Å². The van der Waals surface area contributed by atoms with E-state index in [2.05, 4.69) is 168 Å². The summed E-state index contributed by atoms with van der Waals surface area (Å²) in [6.45, 7) is 0. The molecule has 2 nitrogen and oxygen atoms in total. The third kappa shape index (κ3) is 3.41. The molecule has 0 spiro atoms. The Morgan fingerprint density at radius 3 is 1.77 bits per heavy atom. The highest BCUT2D eigenvalue weighted by Crippen LogP contribution is 2.50. The fraction of sp³-hybridized carbons (Fsp3) is 0. The summed E-state index contributed by atoms with van der Waals surface area (Å²) in [5, 5.41) is 14.8. The summed E-state index contributed by atoms with van der Waals surface area (Å²) in [5.74, 6) is 0. The Kier molecular flexibility index (Phi) is 5.14. The van der Waals surface area contributed by atoms with Gasteiger partial charge in [-0.3, -0.25) is 0 Å². The standard InChI is InChI=1S/C46H27NO/c1-2-13-29-26-31(25-24-28(29)12-1)30-14-11-15-32(27-30)47-39-22-9-7-20-37(39)43-41-35-18-5-3-16-33(35)34-17-4-6-19-36(34)42(41)44-38-21-8-10-23-40(38)48-46(44)45(43)47/h1-27H. The molecule has 0 aliphatic carbocycles. The molecule has 0 fully saturated rings. The van der Waals surface area contributed by atoms with Gasteiger partial charge in [-0.05, 0) is 73.8 Å². The smallest absolute Gasteiger partial charge is 0.160 e. The number of hydrogen-bond acceptors (Lipinski definition) is 1. The predicted octanol–water partition coefficient (Wildman–Crippen LogP) is 13.0. The van der Waals surface area contributed by atoms with E-state index in [4.69, 9.17) is 4.42 Å². The highest BCUT2D eigenvalue weighted by molar-refractivity contribution is 6.44. The zero-order valence-electron chi connectivity index (χ0n) is 25.9. The second-order valence-corrected chi connectivity index (χ2v) is 12.8. The van der Waals surface area contributed by atoms with Crippen LogP contribution in [0.4, 0.5) is 0 Å². The van der Waals surface area contributed by atoms with Crippen molar-refractivity contribution in [2.45, 2.75) is 0 Å². The van der Waals surface area contributed by atoms with Crippen LogP contribution in [-0.4, -0.2) is 4.57 Å². The molecule has 2 heteroatoms. The van der Waals surface area contributed by atoms with Gasteiger partial charge < -0.3 is 8.98 Å². The van der Waals surface area contributed by atoms with E-state index in [9.17, 15) is 0 Å². The quantitative estimate of drug-likeness (QED) is 0.178.